The zero-order chi connectivity index (χ0) is 14.3. The Bertz CT molecular complexity index is 479. The van der Waals surface area contributed by atoms with E-state index in [0.717, 1.165) is 36.9 Å². The summed E-state index contributed by atoms with van der Waals surface area (Å²) in [6.07, 6.45) is 3.42. The topological polar surface area (TPSA) is 35.5 Å². The minimum Gasteiger partial charge on any atom is -0.393 e. The number of anilines is 1. The van der Waals surface area contributed by atoms with E-state index >= 15 is 0 Å². The summed E-state index contributed by atoms with van der Waals surface area (Å²) in [6, 6.07) is 6.01. The van der Waals surface area contributed by atoms with Crippen molar-refractivity contribution in [3.05, 3.63) is 29.6 Å². The SMILES string of the molecule is CNC(C)c1cccc(F)c1N1C2CCC1CC(O)C2. The van der Waals surface area contributed by atoms with Crippen LogP contribution in [0.25, 0.3) is 0 Å². The van der Waals surface area contributed by atoms with Gasteiger partial charge < -0.3 is 15.3 Å². The monoisotopic (exact) mass is 278 g/mol. The van der Waals surface area contributed by atoms with E-state index in [0.29, 0.717) is 0 Å². The van der Waals surface area contributed by atoms with Gasteiger partial charge in [-0.15, -0.1) is 0 Å². The summed E-state index contributed by atoms with van der Waals surface area (Å²) in [4.78, 5) is 2.24. The van der Waals surface area contributed by atoms with Crippen molar-refractivity contribution >= 4 is 5.69 Å². The highest BCUT2D eigenvalue weighted by Crippen LogP contribution is 2.42. The molecular formula is C16H23FN2O. The average molecular weight is 278 g/mol. The first kappa shape index (κ1) is 13.8. The number of aliphatic hydroxyl groups is 1. The summed E-state index contributed by atoms with van der Waals surface area (Å²) in [6.45, 7) is 2.05. The van der Waals surface area contributed by atoms with E-state index in [1.165, 1.54) is 0 Å². The molecule has 0 saturated carbocycles. The number of para-hydroxylation sites is 1. The van der Waals surface area contributed by atoms with Crippen LogP contribution in [-0.4, -0.2) is 30.3 Å². The number of aliphatic hydroxyl groups excluding tert-OH is 1. The molecule has 0 radical (unpaired) electrons. The molecule has 0 amide bonds. The van der Waals surface area contributed by atoms with E-state index < -0.39 is 0 Å². The molecule has 2 aliphatic heterocycles. The highest BCUT2D eigenvalue weighted by molar-refractivity contribution is 5.59. The van der Waals surface area contributed by atoms with Crippen LogP contribution >= 0.6 is 0 Å². The van der Waals surface area contributed by atoms with Crippen LogP contribution in [0.1, 0.15) is 44.2 Å². The number of nitrogens with one attached hydrogen (secondary N) is 1. The predicted octanol–water partition coefficient (Wildman–Crippen LogP) is 2.60. The van der Waals surface area contributed by atoms with Crippen molar-refractivity contribution in [1.29, 1.82) is 0 Å². The molecular weight excluding hydrogens is 255 g/mol. The van der Waals surface area contributed by atoms with Crippen LogP contribution in [0.5, 0.6) is 0 Å². The molecule has 4 heteroatoms. The molecule has 2 heterocycles. The lowest BCUT2D eigenvalue weighted by molar-refractivity contribution is 0.126. The van der Waals surface area contributed by atoms with E-state index in [4.69, 9.17) is 0 Å². The Morgan fingerprint density at radius 3 is 2.55 bits per heavy atom. The molecule has 2 saturated heterocycles. The van der Waals surface area contributed by atoms with E-state index in [1.807, 2.05) is 13.1 Å². The van der Waals surface area contributed by atoms with Gasteiger partial charge in [0, 0.05) is 18.1 Å². The first-order chi connectivity index (χ1) is 9.61. The second-order valence-electron chi connectivity index (χ2n) is 6.11. The summed E-state index contributed by atoms with van der Waals surface area (Å²) in [5, 5.41) is 13.1. The maximum absolute atomic E-state index is 14.5. The van der Waals surface area contributed by atoms with E-state index in [1.54, 1.807) is 12.1 Å². The van der Waals surface area contributed by atoms with E-state index in [9.17, 15) is 9.50 Å². The van der Waals surface area contributed by atoms with Crippen LogP contribution in [-0.2, 0) is 0 Å². The molecule has 2 fully saturated rings. The van der Waals surface area contributed by atoms with Gasteiger partial charge in [0.25, 0.3) is 0 Å². The normalized spacial score (nSPS) is 30.6. The summed E-state index contributed by atoms with van der Waals surface area (Å²) in [5.74, 6) is -0.141. The fourth-order valence-corrected chi connectivity index (χ4v) is 3.82. The second-order valence-corrected chi connectivity index (χ2v) is 6.11. The lowest BCUT2D eigenvalue weighted by atomic mass is 9.96. The zero-order valence-electron chi connectivity index (χ0n) is 12.1. The molecule has 3 unspecified atom stereocenters. The van der Waals surface area contributed by atoms with Gasteiger partial charge in [-0.1, -0.05) is 12.1 Å². The molecule has 20 heavy (non-hydrogen) atoms. The van der Waals surface area contributed by atoms with Crippen LogP contribution < -0.4 is 10.2 Å². The van der Waals surface area contributed by atoms with Gasteiger partial charge in [-0.25, -0.2) is 4.39 Å². The lowest BCUT2D eigenvalue weighted by Gasteiger charge is -2.40. The van der Waals surface area contributed by atoms with Crippen molar-refractivity contribution in [3.8, 4) is 0 Å². The summed E-state index contributed by atoms with van der Waals surface area (Å²) >= 11 is 0. The molecule has 0 aliphatic carbocycles. The van der Waals surface area contributed by atoms with Gasteiger partial charge >= 0.3 is 0 Å². The molecule has 2 bridgehead atoms. The third-order valence-electron chi connectivity index (χ3n) is 4.88. The second kappa shape index (κ2) is 5.34. The van der Waals surface area contributed by atoms with Gasteiger partial charge in [-0.3, -0.25) is 0 Å². The maximum Gasteiger partial charge on any atom is 0.146 e. The van der Waals surface area contributed by atoms with E-state index in [2.05, 4.69) is 17.1 Å². The van der Waals surface area contributed by atoms with Gasteiger partial charge in [-0.2, -0.15) is 0 Å². The van der Waals surface area contributed by atoms with Crippen molar-refractivity contribution < 1.29 is 9.50 Å². The van der Waals surface area contributed by atoms with Gasteiger partial charge in [0.05, 0.1) is 11.8 Å². The standard InChI is InChI=1S/C16H23FN2O/c1-10(18-2)14-4-3-5-15(17)16(14)19-11-6-7-12(19)9-13(20)8-11/h3-5,10-13,18,20H,6-9H2,1-2H3. The highest BCUT2D eigenvalue weighted by atomic mass is 19.1. The van der Waals surface area contributed by atoms with Gasteiger partial charge in [0.15, 0.2) is 0 Å². The van der Waals surface area contributed by atoms with Crippen molar-refractivity contribution in [3.63, 3.8) is 0 Å². The first-order valence-electron chi connectivity index (χ1n) is 7.54. The Morgan fingerprint density at radius 2 is 1.95 bits per heavy atom. The summed E-state index contributed by atoms with van der Waals surface area (Å²) < 4.78 is 14.5. The first-order valence-corrected chi connectivity index (χ1v) is 7.54. The van der Waals surface area contributed by atoms with Gasteiger partial charge in [0.2, 0.25) is 0 Å². The van der Waals surface area contributed by atoms with Crippen molar-refractivity contribution in [2.75, 3.05) is 11.9 Å². The number of fused-ring (bicyclic) bond motifs is 2. The molecule has 2 N–H and O–H groups in total. The number of hydrogen-bond donors (Lipinski definition) is 2. The fraction of sp³-hybridized carbons (Fsp3) is 0.625. The number of piperidine rings is 1. The molecule has 110 valence electrons. The van der Waals surface area contributed by atoms with Gasteiger partial charge in [-0.05, 0) is 51.3 Å². The highest BCUT2D eigenvalue weighted by Gasteiger charge is 2.42. The van der Waals surface area contributed by atoms with Crippen LogP contribution in [0.15, 0.2) is 18.2 Å². The minimum atomic E-state index is -0.222. The Labute approximate surface area is 119 Å². The van der Waals surface area contributed by atoms with E-state index in [-0.39, 0.29) is 30.0 Å². The smallest absolute Gasteiger partial charge is 0.146 e. The Hall–Kier alpha value is -1.13. The minimum absolute atomic E-state index is 0.118. The molecule has 3 nitrogen and oxygen atoms in total. The number of hydrogen-bond acceptors (Lipinski definition) is 3. The fourth-order valence-electron chi connectivity index (χ4n) is 3.82. The van der Waals surface area contributed by atoms with Crippen LogP contribution in [0.4, 0.5) is 10.1 Å². The summed E-state index contributed by atoms with van der Waals surface area (Å²) in [7, 11) is 1.90. The molecule has 0 spiro atoms. The quantitative estimate of drug-likeness (QED) is 0.892. The largest absolute Gasteiger partial charge is 0.393 e. The Morgan fingerprint density at radius 1 is 1.30 bits per heavy atom. The maximum atomic E-state index is 14.5. The Kier molecular flexibility index (Phi) is 3.69. The predicted molar refractivity (Wildman–Crippen MR) is 78.4 cm³/mol. The third-order valence-corrected chi connectivity index (χ3v) is 4.88. The number of benzene rings is 1. The van der Waals surface area contributed by atoms with Crippen LogP contribution in [0, 0.1) is 5.82 Å². The molecule has 2 aliphatic rings. The lowest BCUT2D eigenvalue weighted by Crippen LogP contribution is -2.45. The van der Waals surface area contributed by atoms with Crippen molar-refractivity contribution in [2.24, 2.45) is 0 Å². The Balaban J connectivity index is 2.02. The summed E-state index contributed by atoms with van der Waals surface area (Å²) in [5.41, 5.74) is 1.76. The molecule has 0 aromatic heterocycles. The molecule has 3 rings (SSSR count). The molecule has 3 atom stereocenters. The van der Waals surface area contributed by atoms with Crippen molar-refractivity contribution in [2.45, 2.75) is 56.8 Å². The molecule has 1 aromatic carbocycles. The van der Waals surface area contributed by atoms with Crippen LogP contribution in [0.3, 0.4) is 0 Å². The van der Waals surface area contributed by atoms with Crippen LogP contribution in [0.2, 0.25) is 0 Å². The van der Waals surface area contributed by atoms with Gasteiger partial charge in [0.1, 0.15) is 5.82 Å². The number of nitrogens with zero attached hydrogens (tertiary/aromatic N) is 1. The molecule has 1 aromatic rings. The average Bonchev–Trinajstić information content (AvgIpc) is 2.69. The zero-order valence-corrected chi connectivity index (χ0v) is 12.1. The number of rotatable bonds is 3. The third kappa shape index (κ3) is 2.21. The van der Waals surface area contributed by atoms with Crippen molar-refractivity contribution in [1.82, 2.24) is 5.32 Å². The number of halogens is 1.